The lowest BCUT2D eigenvalue weighted by atomic mass is 10.1. The number of benzene rings is 1. The molecule has 1 aromatic rings. The van der Waals surface area contributed by atoms with Crippen LogP contribution in [0.25, 0.3) is 0 Å². The van der Waals surface area contributed by atoms with E-state index >= 15 is 0 Å². The molecule has 0 amide bonds. The average molecular weight is 262 g/mol. The predicted octanol–water partition coefficient (Wildman–Crippen LogP) is 2.20. The lowest BCUT2D eigenvalue weighted by Crippen LogP contribution is -2.41. The maximum atomic E-state index is 9.33. The summed E-state index contributed by atoms with van der Waals surface area (Å²) in [6.07, 6.45) is 2.03. The smallest absolute Gasteiger partial charge is 0.0451 e. The van der Waals surface area contributed by atoms with Crippen molar-refractivity contribution < 1.29 is 5.11 Å². The van der Waals surface area contributed by atoms with Gasteiger partial charge in [0.25, 0.3) is 0 Å². The number of anilines is 1. The Bertz CT molecular complexity index is 399. The van der Waals surface area contributed by atoms with Crippen LogP contribution in [0, 0.1) is 13.8 Å². The van der Waals surface area contributed by atoms with Gasteiger partial charge in [-0.2, -0.15) is 0 Å². The van der Waals surface area contributed by atoms with E-state index in [0.717, 1.165) is 26.1 Å². The van der Waals surface area contributed by atoms with E-state index in [1.54, 1.807) is 0 Å². The molecule has 3 nitrogen and oxygen atoms in total. The summed E-state index contributed by atoms with van der Waals surface area (Å²) in [5.41, 5.74) is 3.94. The fourth-order valence-corrected chi connectivity index (χ4v) is 3.10. The van der Waals surface area contributed by atoms with E-state index in [2.05, 4.69) is 48.9 Å². The zero-order chi connectivity index (χ0) is 13.8. The summed E-state index contributed by atoms with van der Waals surface area (Å²) in [5.74, 6) is 0. The number of aryl methyl sites for hydroxylation is 2. The summed E-state index contributed by atoms with van der Waals surface area (Å²) in [6, 6.07) is 7.17. The number of nitrogens with zero attached hydrogens (tertiary/aromatic N) is 2. The molecule has 0 aromatic heterocycles. The second-order valence-electron chi connectivity index (χ2n) is 5.82. The molecule has 1 saturated heterocycles. The zero-order valence-electron chi connectivity index (χ0n) is 12.4. The standard InChI is InChI=1S/C16H26N2O/c1-13-9-14(2)11-16(10-13)18-7-4-6-17(3)12-15(18)5-8-19/h9-11,15,19H,4-8,12H2,1-3H3. The minimum atomic E-state index is 0.264. The van der Waals surface area contributed by atoms with Crippen molar-refractivity contribution in [2.24, 2.45) is 0 Å². The molecule has 0 aliphatic carbocycles. The highest BCUT2D eigenvalue weighted by molar-refractivity contribution is 5.52. The molecule has 0 spiro atoms. The number of likely N-dealkylation sites (N-methyl/N-ethyl adjacent to an activating group) is 1. The molecular weight excluding hydrogens is 236 g/mol. The quantitative estimate of drug-likeness (QED) is 0.904. The molecule has 1 fully saturated rings. The third-order valence-electron chi connectivity index (χ3n) is 3.90. The van der Waals surface area contributed by atoms with E-state index in [9.17, 15) is 5.11 Å². The highest BCUT2D eigenvalue weighted by Crippen LogP contribution is 2.24. The van der Waals surface area contributed by atoms with Crippen LogP contribution in [0.4, 0.5) is 5.69 Å². The maximum Gasteiger partial charge on any atom is 0.0451 e. The monoisotopic (exact) mass is 262 g/mol. The van der Waals surface area contributed by atoms with Gasteiger partial charge < -0.3 is 14.9 Å². The number of aliphatic hydroxyl groups is 1. The first-order valence-corrected chi connectivity index (χ1v) is 7.24. The molecule has 106 valence electrons. The van der Waals surface area contributed by atoms with E-state index in [0.29, 0.717) is 6.04 Å². The summed E-state index contributed by atoms with van der Waals surface area (Å²) >= 11 is 0. The Balaban J connectivity index is 2.27. The maximum absolute atomic E-state index is 9.33. The van der Waals surface area contributed by atoms with Crippen molar-refractivity contribution in [3.63, 3.8) is 0 Å². The van der Waals surface area contributed by atoms with Crippen molar-refractivity contribution in [1.29, 1.82) is 0 Å². The van der Waals surface area contributed by atoms with E-state index in [-0.39, 0.29) is 6.61 Å². The third kappa shape index (κ3) is 3.71. The lowest BCUT2D eigenvalue weighted by molar-refractivity contribution is 0.253. The van der Waals surface area contributed by atoms with Crippen molar-refractivity contribution in [3.8, 4) is 0 Å². The Labute approximate surface area is 116 Å². The van der Waals surface area contributed by atoms with Crippen LogP contribution in [-0.2, 0) is 0 Å². The number of rotatable bonds is 3. The van der Waals surface area contributed by atoms with Gasteiger partial charge in [0, 0.05) is 31.4 Å². The molecule has 19 heavy (non-hydrogen) atoms. The molecule has 0 saturated carbocycles. The van der Waals surface area contributed by atoms with Crippen LogP contribution in [0.15, 0.2) is 18.2 Å². The van der Waals surface area contributed by atoms with Gasteiger partial charge in [0.1, 0.15) is 0 Å². The van der Waals surface area contributed by atoms with Gasteiger partial charge in [0.15, 0.2) is 0 Å². The van der Waals surface area contributed by atoms with Crippen LogP contribution in [-0.4, -0.2) is 49.3 Å². The summed E-state index contributed by atoms with van der Waals surface area (Å²) in [5, 5.41) is 9.33. The highest BCUT2D eigenvalue weighted by Gasteiger charge is 2.23. The Morgan fingerprint density at radius 1 is 1.16 bits per heavy atom. The molecular formula is C16H26N2O. The van der Waals surface area contributed by atoms with E-state index < -0.39 is 0 Å². The number of aliphatic hydroxyl groups excluding tert-OH is 1. The molecule has 3 heteroatoms. The van der Waals surface area contributed by atoms with Crippen LogP contribution in [0.2, 0.25) is 0 Å². The van der Waals surface area contributed by atoms with Crippen molar-refractivity contribution in [3.05, 3.63) is 29.3 Å². The first kappa shape index (κ1) is 14.4. The topological polar surface area (TPSA) is 26.7 Å². The average Bonchev–Trinajstić information content (AvgIpc) is 2.50. The van der Waals surface area contributed by atoms with Gasteiger partial charge in [-0.05, 0) is 63.5 Å². The van der Waals surface area contributed by atoms with E-state index in [1.165, 1.54) is 23.2 Å². The van der Waals surface area contributed by atoms with Gasteiger partial charge in [-0.25, -0.2) is 0 Å². The normalized spacial score (nSPS) is 21.5. The molecule has 1 unspecified atom stereocenters. The minimum absolute atomic E-state index is 0.264. The van der Waals surface area contributed by atoms with Crippen molar-refractivity contribution in [2.75, 3.05) is 38.2 Å². The number of hydrogen-bond acceptors (Lipinski definition) is 3. The van der Waals surface area contributed by atoms with Crippen LogP contribution < -0.4 is 4.90 Å². The summed E-state index contributed by atoms with van der Waals surface area (Å²) in [6.45, 7) is 7.83. The summed E-state index contributed by atoms with van der Waals surface area (Å²) in [7, 11) is 2.18. The van der Waals surface area contributed by atoms with E-state index in [4.69, 9.17) is 0 Å². The Morgan fingerprint density at radius 2 is 1.84 bits per heavy atom. The van der Waals surface area contributed by atoms with Crippen molar-refractivity contribution >= 4 is 5.69 Å². The minimum Gasteiger partial charge on any atom is -0.396 e. The fraction of sp³-hybridized carbons (Fsp3) is 0.625. The first-order chi connectivity index (χ1) is 9.10. The molecule has 1 aliphatic rings. The second kappa shape index (κ2) is 6.40. The van der Waals surface area contributed by atoms with Gasteiger partial charge in [-0.3, -0.25) is 0 Å². The molecule has 1 aromatic carbocycles. The largest absolute Gasteiger partial charge is 0.396 e. The van der Waals surface area contributed by atoms with Crippen molar-refractivity contribution in [1.82, 2.24) is 4.90 Å². The van der Waals surface area contributed by atoms with Gasteiger partial charge in [0.2, 0.25) is 0 Å². The second-order valence-corrected chi connectivity index (χ2v) is 5.82. The molecule has 1 atom stereocenters. The Hall–Kier alpha value is -1.06. The summed E-state index contributed by atoms with van der Waals surface area (Å²) < 4.78 is 0. The van der Waals surface area contributed by atoms with Crippen LogP contribution in [0.3, 0.4) is 0 Å². The molecule has 1 aliphatic heterocycles. The first-order valence-electron chi connectivity index (χ1n) is 7.24. The van der Waals surface area contributed by atoms with Crippen molar-refractivity contribution in [2.45, 2.75) is 32.7 Å². The zero-order valence-corrected chi connectivity index (χ0v) is 12.4. The predicted molar refractivity (Wildman–Crippen MR) is 80.9 cm³/mol. The fourth-order valence-electron chi connectivity index (χ4n) is 3.10. The molecule has 1 heterocycles. The Morgan fingerprint density at radius 3 is 2.47 bits per heavy atom. The van der Waals surface area contributed by atoms with Crippen LogP contribution >= 0.6 is 0 Å². The van der Waals surface area contributed by atoms with Gasteiger partial charge >= 0.3 is 0 Å². The van der Waals surface area contributed by atoms with Crippen LogP contribution in [0.5, 0.6) is 0 Å². The molecule has 0 bridgehead atoms. The molecule has 2 rings (SSSR count). The van der Waals surface area contributed by atoms with Gasteiger partial charge in [0.05, 0.1) is 0 Å². The molecule has 0 radical (unpaired) electrons. The third-order valence-corrected chi connectivity index (χ3v) is 3.90. The lowest BCUT2D eigenvalue weighted by Gasteiger charge is -2.33. The van der Waals surface area contributed by atoms with Crippen LogP contribution in [0.1, 0.15) is 24.0 Å². The summed E-state index contributed by atoms with van der Waals surface area (Å²) in [4.78, 5) is 4.86. The number of hydrogen-bond donors (Lipinski definition) is 1. The van der Waals surface area contributed by atoms with E-state index in [1.807, 2.05) is 0 Å². The van der Waals surface area contributed by atoms with Gasteiger partial charge in [-0.15, -0.1) is 0 Å². The van der Waals surface area contributed by atoms with Gasteiger partial charge in [-0.1, -0.05) is 6.07 Å². The SMILES string of the molecule is Cc1cc(C)cc(N2CCCN(C)CC2CCO)c1. The highest BCUT2D eigenvalue weighted by atomic mass is 16.3. The Kier molecular flexibility index (Phi) is 4.83. The molecule has 1 N–H and O–H groups in total.